The van der Waals surface area contributed by atoms with Crippen LogP contribution in [0.2, 0.25) is 0 Å². The second kappa shape index (κ2) is 9.36. The van der Waals surface area contributed by atoms with Crippen LogP contribution in [0.4, 0.5) is 5.69 Å². The summed E-state index contributed by atoms with van der Waals surface area (Å²) in [5, 5.41) is 5.55. The van der Waals surface area contributed by atoms with Crippen molar-refractivity contribution in [3.8, 4) is 0 Å². The first-order chi connectivity index (χ1) is 12.8. The Morgan fingerprint density at radius 3 is 2.22 bits per heavy atom. The molecule has 2 N–H and O–H groups in total. The first-order valence-electron chi connectivity index (χ1n) is 9.53. The van der Waals surface area contributed by atoms with Crippen molar-refractivity contribution >= 4 is 17.5 Å². The summed E-state index contributed by atoms with van der Waals surface area (Å²) in [7, 11) is 0. The van der Waals surface area contributed by atoms with E-state index in [0.29, 0.717) is 12.8 Å². The highest BCUT2D eigenvalue weighted by Crippen LogP contribution is 2.22. The smallest absolute Gasteiger partial charge is 0.243 e. The van der Waals surface area contributed by atoms with Crippen LogP contribution in [0, 0.1) is 0 Å². The molecule has 0 aliphatic rings. The first-order valence-corrected chi connectivity index (χ1v) is 9.53. The number of rotatable bonds is 7. The Bertz CT molecular complexity index is 774. The number of benzene rings is 2. The number of carbonyl (C=O) groups excluding carboxylic acids is 2. The molecule has 2 amide bonds. The van der Waals surface area contributed by atoms with Crippen LogP contribution in [0.5, 0.6) is 0 Å². The third-order valence-electron chi connectivity index (χ3n) is 4.58. The van der Waals surface area contributed by atoms with Crippen molar-refractivity contribution in [1.82, 2.24) is 5.32 Å². The summed E-state index contributed by atoms with van der Waals surface area (Å²) in [5.74, 6) is -0.326. The molecule has 0 saturated heterocycles. The molecule has 0 unspecified atom stereocenters. The van der Waals surface area contributed by atoms with E-state index >= 15 is 0 Å². The lowest BCUT2D eigenvalue weighted by Gasteiger charge is -2.19. The summed E-state index contributed by atoms with van der Waals surface area (Å²) in [6.07, 6.45) is 1.88. The Morgan fingerprint density at radius 2 is 1.59 bits per heavy atom. The molecule has 2 aromatic carbocycles. The summed E-state index contributed by atoms with van der Waals surface area (Å²) < 4.78 is 0. The van der Waals surface area contributed by atoms with E-state index in [1.54, 1.807) is 0 Å². The zero-order valence-corrected chi connectivity index (χ0v) is 16.8. The maximum atomic E-state index is 12.1. The Hall–Kier alpha value is -2.62. The Balaban J connectivity index is 1.76. The maximum absolute atomic E-state index is 12.1. The molecule has 0 heterocycles. The normalized spacial score (nSPS) is 11.1. The average Bonchev–Trinajstić information content (AvgIpc) is 2.64. The molecule has 4 nitrogen and oxygen atoms in total. The van der Waals surface area contributed by atoms with Crippen molar-refractivity contribution in [3.05, 3.63) is 65.2 Å². The van der Waals surface area contributed by atoms with Crippen molar-refractivity contribution in [2.45, 2.75) is 52.4 Å². The van der Waals surface area contributed by atoms with Gasteiger partial charge in [0.1, 0.15) is 0 Å². The Labute approximate surface area is 162 Å². The molecule has 4 heteroatoms. The van der Waals surface area contributed by atoms with Gasteiger partial charge in [-0.15, -0.1) is 0 Å². The minimum absolute atomic E-state index is 0.0140. The number of anilines is 1. The van der Waals surface area contributed by atoms with Gasteiger partial charge in [0, 0.05) is 12.1 Å². The van der Waals surface area contributed by atoms with Crippen molar-refractivity contribution < 1.29 is 9.59 Å². The fourth-order valence-corrected chi connectivity index (χ4v) is 2.84. The van der Waals surface area contributed by atoms with Crippen molar-refractivity contribution in [1.29, 1.82) is 0 Å². The minimum atomic E-state index is -0.209. The Morgan fingerprint density at radius 1 is 0.926 bits per heavy atom. The molecule has 0 radical (unpaired) electrons. The van der Waals surface area contributed by atoms with Gasteiger partial charge in [-0.2, -0.15) is 0 Å². The van der Waals surface area contributed by atoms with Gasteiger partial charge < -0.3 is 10.6 Å². The van der Waals surface area contributed by atoms with E-state index in [1.807, 2.05) is 31.2 Å². The number of carbonyl (C=O) groups is 2. The highest BCUT2D eigenvalue weighted by atomic mass is 16.2. The molecule has 0 aromatic heterocycles. The van der Waals surface area contributed by atoms with Crippen LogP contribution in [0.25, 0.3) is 0 Å². The number of hydrogen-bond acceptors (Lipinski definition) is 2. The predicted molar refractivity (Wildman–Crippen MR) is 111 cm³/mol. The van der Waals surface area contributed by atoms with Gasteiger partial charge in [0.2, 0.25) is 11.8 Å². The topological polar surface area (TPSA) is 58.2 Å². The van der Waals surface area contributed by atoms with E-state index in [4.69, 9.17) is 0 Å². The Kier molecular flexibility index (Phi) is 7.17. The lowest BCUT2D eigenvalue weighted by atomic mass is 9.86. The second-order valence-corrected chi connectivity index (χ2v) is 7.78. The van der Waals surface area contributed by atoms with Gasteiger partial charge in [-0.3, -0.25) is 9.59 Å². The fraction of sp³-hybridized carbons (Fsp3) is 0.391. The monoisotopic (exact) mass is 366 g/mol. The van der Waals surface area contributed by atoms with Crippen LogP contribution in [0.15, 0.2) is 48.5 Å². The van der Waals surface area contributed by atoms with Gasteiger partial charge in [0.25, 0.3) is 0 Å². The van der Waals surface area contributed by atoms with Gasteiger partial charge >= 0.3 is 0 Å². The van der Waals surface area contributed by atoms with Gasteiger partial charge in [-0.05, 0) is 41.0 Å². The van der Waals surface area contributed by atoms with Crippen LogP contribution < -0.4 is 10.6 Å². The molecule has 2 aromatic rings. The maximum Gasteiger partial charge on any atom is 0.243 e. The number of hydrogen-bond donors (Lipinski definition) is 2. The predicted octanol–water partition coefficient (Wildman–Crippen LogP) is 4.23. The number of aryl methyl sites for hydroxylation is 2. The van der Waals surface area contributed by atoms with E-state index in [2.05, 4.69) is 55.7 Å². The quantitative estimate of drug-likeness (QED) is 0.770. The van der Waals surface area contributed by atoms with Crippen LogP contribution in [-0.4, -0.2) is 18.4 Å². The molecule has 2 rings (SSSR count). The van der Waals surface area contributed by atoms with Crippen LogP contribution in [0.3, 0.4) is 0 Å². The van der Waals surface area contributed by atoms with Crippen LogP contribution >= 0.6 is 0 Å². The molecule has 27 heavy (non-hydrogen) atoms. The van der Waals surface area contributed by atoms with E-state index in [-0.39, 0.29) is 23.8 Å². The zero-order valence-electron chi connectivity index (χ0n) is 16.8. The second-order valence-electron chi connectivity index (χ2n) is 7.78. The van der Waals surface area contributed by atoms with Gasteiger partial charge in [0.15, 0.2) is 0 Å². The summed E-state index contributed by atoms with van der Waals surface area (Å²) in [6.45, 7) is 8.57. The number of nitrogens with one attached hydrogen (secondary N) is 2. The third kappa shape index (κ3) is 6.55. The molecule has 0 spiro atoms. The first kappa shape index (κ1) is 20.7. The molecule has 0 saturated carbocycles. The summed E-state index contributed by atoms with van der Waals surface area (Å²) >= 11 is 0. The van der Waals surface area contributed by atoms with E-state index in [1.165, 1.54) is 5.56 Å². The zero-order chi connectivity index (χ0) is 19.9. The van der Waals surface area contributed by atoms with Gasteiger partial charge in [0.05, 0.1) is 6.54 Å². The lowest BCUT2D eigenvalue weighted by molar-refractivity contribution is -0.124. The van der Waals surface area contributed by atoms with Crippen molar-refractivity contribution in [3.63, 3.8) is 0 Å². The minimum Gasteiger partial charge on any atom is -0.347 e. The van der Waals surface area contributed by atoms with Gasteiger partial charge in [-0.25, -0.2) is 0 Å². The highest BCUT2D eigenvalue weighted by molar-refractivity contribution is 5.95. The van der Waals surface area contributed by atoms with E-state index in [0.717, 1.165) is 23.2 Å². The number of para-hydroxylation sites is 1. The average molecular weight is 367 g/mol. The van der Waals surface area contributed by atoms with E-state index in [9.17, 15) is 9.59 Å². The molecular formula is C23H30N2O2. The van der Waals surface area contributed by atoms with Crippen molar-refractivity contribution in [2.24, 2.45) is 0 Å². The van der Waals surface area contributed by atoms with E-state index < -0.39 is 0 Å². The van der Waals surface area contributed by atoms with Crippen LogP contribution in [0.1, 0.15) is 50.8 Å². The number of amides is 2. The fourth-order valence-electron chi connectivity index (χ4n) is 2.84. The molecule has 144 valence electrons. The van der Waals surface area contributed by atoms with Crippen LogP contribution in [-0.2, 0) is 27.8 Å². The molecule has 0 aliphatic carbocycles. The summed E-state index contributed by atoms with van der Waals surface area (Å²) in [5.41, 5.74) is 4.41. The lowest BCUT2D eigenvalue weighted by Crippen LogP contribution is -2.33. The third-order valence-corrected chi connectivity index (χ3v) is 4.58. The summed E-state index contributed by atoms with van der Waals surface area (Å²) in [4.78, 5) is 24.1. The SMILES string of the molecule is CCc1ccccc1NC(=O)CNC(=O)CCc1ccc(C(C)(C)C)cc1. The largest absolute Gasteiger partial charge is 0.347 e. The molecular weight excluding hydrogens is 336 g/mol. The standard InChI is InChI=1S/C23H30N2O2/c1-5-18-8-6-7-9-20(18)25-22(27)16-24-21(26)15-12-17-10-13-19(14-11-17)23(2,3)4/h6-11,13-14H,5,12,15-16H2,1-4H3,(H,24,26)(H,25,27). The van der Waals surface area contributed by atoms with Gasteiger partial charge in [-0.1, -0.05) is 70.2 Å². The molecule has 0 atom stereocenters. The highest BCUT2D eigenvalue weighted by Gasteiger charge is 2.13. The van der Waals surface area contributed by atoms with Crippen molar-refractivity contribution in [2.75, 3.05) is 11.9 Å². The molecule has 0 aliphatic heterocycles. The summed E-state index contributed by atoms with van der Waals surface area (Å²) in [6, 6.07) is 16.1. The molecule has 0 bridgehead atoms. The molecule has 0 fully saturated rings.